The van der Waals surface area contributed by atoms with E-state index in [9.17, 15) is 0 Å². The molecule has 0 aliphatic heterocycles. The van der Waals surface area contributed by atoms with Crippen molar-refractivity contribution < 1.29 is 0 Å². The fraction of sp³-hybridized carbons (Fsp3) is 0.231. The first kappa shape index (κ1) is 12.7. The van der Waals surface area contributed by atoms with E-state index in [4.69, 9.17) is 23.2 Å². The minimum absolute atomic E-state index is 0.283. The Bertz CT molecular complexity index is 482. The van der Waals surface area contributed by atoms with Crippen molar-refractivity contribution in [3.63, 3.8) is 0 Å². The molecule has 2 aromatic rings. The zero-order valence-corrected chi connectivity index (χ0v) is 11.7. The molecule has 2 rings (SSSR count). The summed E-state index contributed by atoms with van der Waals surface area (Å²) in [5, 5.41) is 6.91. The molecule has 1 aromatic carbocycles. The molecule has 0 aliphatic carbocycles. The summed E-state index contributed by atoms with van der Waals surface area (Å²) in [6.45, 7) is 2.15. The Kier molecular flexibility index (Phi) is 4.32. The molecule has 1 atom stereocenters. The summed E-state index contributed by atoms with van der Waals surface area (Å²) in [5.41, 5.74) is 0.888. The van der Waals surface area contributed by atoms with Gasteiger partial charge in [0.2, 0.25) is 0 Å². The second kappa shape index (κ2) is 5.76. The highest BCUT2D eigenvalue weighted by atomic mass is 35.5. The van der Waals surface area contributed by atoms with Crippen molar-refractivity contribution in [3.05, 3.63) is 50.6 Å². The van der Waals surface area contributed by atoms with E-state index in [0.29, 0.717) is 10.0 Å². The molecule has 0 spiro atoms. The minimum atomic E-state index is 0.283. The van der Waals surface area contributed by atoms with Gasteiger partial charge in [-0.15, -0.1) is 11.3 Å². The van der Waals surface area contributed by atoms with Crippen LogP contribution in [0.15, 0.2) is 35.7 Å². The Hall–Kier alpha value is -0.700. The molecule has 1 N–H and O–H groups in total. The molecule has 0 fully saturated rings. The van der Waals surface area contributed by atoms with Gasteiger partial charge in [-0.1, -0.05) is 36.2 Å². The van der Waals surface area contributed by atoms with Crippen LogP contribution < -0.4 is 5.32 Å². The average Bonchev–Trinajstić information content (AvgIpc) is 2.84. The Balaban J connectivity index is 2.21. The SMILES string of the molecule is CCC(Nc1cc(Cl)ccc1Cl)c1cccs1. The van der Waals surface area contributed by atoms with Crippen LogP contribution in [0.1, 0.15) is 24.3 Å². The quantitative estimate of drug-likeness (QED) is 0.769. The Labute approximate surface area is 115 Å². The smallest absolute Gasteiger partial charge is 0.0638 e. The van der Waals surface area contributed by atoms with E-state index >= 15 is 0 Å². The summed E-state index contributed by atoms with van der Waals surface area (Å²) in [6, 6.07) is 9.94. The largest absolute Gasteiger partial charge is 0.376 e. The predicted molar refractivity (Wildman–Crippen MR) is 77.4 cm³/mol. The van der Waals surface area contributed by atoms with Crippen LogP contribution in [0, 0.1) is 0 Å². The fourth-order valence-corrected chi connectivity index (χ4v) is 2.87. The van der Waals surface area contributed by atoms with E-state index in [1.165, 1.54) is 4.88 Å². The molecule has 0 radical (unpaired) electrons. The summed E-state index contributed by atoms with van der Waals surface area (Å²) in [5.74, 6) is 0. The van der Waals surface area contributed by atoms with Crippen molar-refractivity contribution in [1.82, 2.24) is 0 Å². The lowest BCUT2D eigenvalue weighted by Crippen LogP contribution is -2.08. The number of anilines is 1. The van der Waals surface area contributed by atoms with E-state index in [-0.39, 0.29) is 6.04 Å². The normalized spacial score (nSPS) is 12.4. The lowest BCUT2D eigenvalue weighted by atomic mass is 10.1. The maximum Gasteiger partial charge on any atom is 0.0638 e. The first-order chi connectivity index (χ1) is 8.20. The summed E-state index contributed by atoms with van der Waals surface area (Å²) in [4.78, 5) is 1.31. The van der Waals surface area contributed by atoms with E-state index in [0.717, 1.165) is 12.1 Å². The van der Waals surface area contributed by atoms with Crippen molar-refractivity contribution in [2.75, 3.05) is 5.32 Å². The van der Waals surface area contributed by atoms with Gasteiger partial charge in [0.1, 0.15) is 0 Å². The molecular formula is C13H13Cl2NS. The van der Waals surface area contributed by atoms with Gasteiger partial charge < -0.3 is 5.32 Å². The van der Waals surface area contributed by atoms with Gasteiger partial charge in [-0.2, -0.15) is 0 Å². The molecule has 17 heavy (non-hydrogen) atoms. The zero-order valence-electron chi connectivity index (χ0n) is 9.41. The van der Waals surface area contributed by atoms with Crippen LogP contribution in [0.25, 0.3) is 0 Å². The summed E-state index contributed by atoms with van der Waals surface area (Å²) in [7, 11) is 0. The maximum absolute atomic E-state index is 6.14. The second-order valence-corrected chi connectivity index (χ2v) is 5.57. The number of thiophene rings is 1. The molecule has 1 aromatic heterocycles. The van der Waals surface area contributed by atoms with E-state index in [2.05, 4.69) is 29.8 Å². The minimum Gasteiger partial charge on any atom is -0.376 e. The summed E-state index contributed by atoms with van der Waals surface area (Å²) in [6.07, 6.45) is 1.00. The molecule has 0 amide bonds. The average molecular weight is 286 g/mol. The van der Waals surface area contributed by atoms with Crippen LogP contribution in [-0.4, -0.2) is 0 Å². The number of halogens is 2. The Morgan fingerprint density at radius 2 is 2.12 bits per heavy atom. The third-order valence-corrected chi connectivity index (χ3v) is 4.10. The molecule has 0 bridgehead atoms. The van der Waals surface area contributed by atoms with Gasteiger partial charge in [-0.25, -0.2) is 0 Å². The first-order valence-corrected chi connectivity index (χ1v) is 7.09. The number of benzene rings is 1. The van der Waals surface area contributed by atoms with Gasteiger partial charge in [-0.05, 0) is 36.1 Å². The van der Waals surface area contributed by atoms with Crippen LogP contribution in [0.4, 0.5) is 5.69 Å². The maximum atomic E-state index is 6.14. The predicted octanol–water partition coefficient (Wildman–Crippen LogP) is 5.62. The van der Waals surface area contributed by atoms with Gasteiger partial charge in [0.05, 0.1) is 16.8 Å². The van der Waals surface area contributed by atoms with Gasteiger partial charge in [0, 0.05) is 9.90 Å². The number of rotatable bonds is 4. The number of hydrogen-bond acceptors (Lipinski definition) is 2. The van der Waals surface area contributed by atoms with Gasteiger partial charge >= 0.3 is 0 Å². The number of nitrogens with one attached hydrogen (secondary N) is 1. The lowest BCUT2D eigenvalue weighted by Gasteiger charge is -2.18. The molecule has 0 aliphatic rings. The standard InChI is InChI=1S/C13H13Cl2NS/c1-2-11(13-4-3-7-17-13)16-12-8-9(14)5-6-10(12)15/h3-8,11,16H,2H2,1H3. The van der Waals surface area contributed by atoms with Crippen molar-refractivity contribution in [2.45, 2.75) is 19.4 Å². The molecule has 0 saturated carbocycles. The van der Waals surface area contributed by atoms with Crippen molar-refractivity contribution in [2.24, 2.45) is 0 Å². The third-order valence-electron chi connectivity index (χ3n) is 2.55. The monoisotopic (exact) mass is 285 g/mol. The van der Waals surface area contributed by atoms with E-state index in [1.54, 1.807) is 17.4 Å². The van der Waals surface area contributed by atoms with Crippen LogP contribution in [0.3, 0.4) is 0 Å². The second-order valence-electron chi connectivity index (χ2n) is 3.74. The van der Waals surface area contributed by atoms with Crippen LogP contribution in [0.2, 0.25) is 10.0 Å². The van der Waals surface area contributed by atoms with Crippen molar-refractivity contribution >= 4 is 40.2 Å². The lowest BCUT2D eigenvalue weighted by molar-refractivity contribution is 0.764. The Morgan fingerprint density at radius 3 is 2.76 bits per heavy atom. The van der Waals surface area contributed by atoms with Gasteiger partial charge in [0.25, 0.3) is 0 Å². The molecule has 1 heterocycles. The topological polar surface area (TPSA) is 12.0 Å². The van der Waals surface area contributed by atoms with Crippen molar-refractivity contribution in [3.8, 4) is 0 Å². The molecule has 90 valence electrons. The fourth-order valence-electron chi connectivity index (χ4n) is 1.66. The molecule has 0 saturated heterocycles. The highest BCUT2D eigenvalue weighted by Gasteiger charge is 2.11. The van der Waals surface area contributed by atoms with Gasteiger partial charge in [-0.3, -0.25) is 0 Å². The highest BCUT2D eigenvalue weighted by Crippen LogP contribution is 2.31. The van der Waals surface area contributed by atoms with Crippen LogP contribution in [0.5, 0.6) is 0 Å². The molecular weight excluding hydrogens is 273 g/mol. The summed E-state index contributed by atoms with van der Waals surface area (Å²) >= 11 is 13.9. The molecule has 4 heteroatoms. The zero-order chi connectivity index (χ0) is 12.3. The highest BCUT2D eigenvalue weighted by molar-refractivity contribution is 7.10. The van der Waals surface area contributed by atoms with Gasteiger partial charge in [0.15, 0.2) is 0 Å². The van der Waals surface area contributed by atoms with Crippen molar-refractivity contribution in [1.29, 1.82) is 0 Å². The molecule has 1 unspecified atom stereocenters. The van der Waals surface area contributed by atoms with Crippen LogP contribution in [-0.2, 0) is 0 Å². The molecule has 1 nitrogen and oxygen atoms in total. The summed E-state index contributed by atoms with van der Waals surface area (Å²) < 4.78 is 0. The number of hydrogen-bond donors (Lipinski definition) is 1. The third kappa shape index (κ3) is 3.15. The Morgan fingerprint density at radius 1 is 1.29 bits per heavy atom. The first-order valence-electron chi connectivity index (χ1n) is 5.45. The van der Waals surface area contributed by atoms with Crippen LogP contribution >= 0.6 is 34.5 Å². The van der Waals surface area contributed by atoms with E-state index in [1.807, 2.05) is 12.1 Å². The van der Waals surface area contributed by atoms with E-state index < -0.39 is 0 Å².